The predicted molar refractivity (Wildman–Crippen MR) is 79.3 cm³/mol. The number of thiophene rings is 1. The van der Waals surface area contributed by atoms with Crippen molar-refractivity contribution in [1.82, 2.24) is 0 Å². The molecule has 19 heavy (non-hydrogen) atoms. The maximum atomic E-state index is 5.42. The fourth-order valence-electron chi connectivity index (χ4n) is 2.11. The van der Waals surface area contributed by atoms with E-state index in [-0.39, 0.29) is 12.1 Å². The average molecular weight is 280 g/mol. The van der Waals surface area contributed by atoms with Crippen LogP contribution in [0.3, 0.4) is 0 Å². The number of hydrogen-bond donors (Lipinski definition) is 0. The van der Waals surface area contributed by atoms with Gasteiger partial charge in [-0.15, -0.1) is 11.3 Å². The van der Waals surface area contributed by atoms with E-state index < -0.39 is 0 Å². The number of rotatable bonds is 3. The summed E-state index contributed by atoms with van der Waals surface area (Å²) in [5.41, 5.74) is 0. The molecule has 5 heteroatoms. The molecule has 1 aromatic rings. The summed E-state index contributed by atoms with van der Waals surface area (Å²) < 4.78 is 10.8. The van der Waals surface area contributed by atoms with Gasteiger partial charge in [0.1, 0.15) is 12.1 Å². The monoisotopic (exact) mass is 280 g/mol. The lowest BCUT2D eigenvalue weighted by Gasteiger charge is -2.26. The van der Waals surface area contributed by atoms with Crippen molar-refractivity contribution in [2.45, 2.75) is 32.4 Å². The van der Waals surface area contributed by atoms with Gasteiger partial charge < -0.3 is 9.47 Å². The Morgan fingerprint density at radius 1 is 1.21 bits per heavy atom. The van der Waals surface area contributed by atoms with Crippen molar-refractivity contribution in [2.75, 3.05) is 14.2 Å². The van der Waals surface area contributed by atoms with Gasteiger partial charge in [-0.2, -0.15) is 0 Å². The van der Waals surface area contributed by atoms with Crippen LogP contribution in [0.4, 0.5) is 0 Å². The van der Waals surface area contributed by atoms with Crippen molar-refractivity contribution < 1.29 is 9.47 Å². The van der Waals surface area contributed by atoms with Crippen molar-refractivity contribution in [1.29, 1.82) is 0 Å². The second-order valence-corrected chi connectivity index (χ2v) is 5.86. The molecular weight excluding hydrogens is 260 g/mol. The van der Waals surface area contributed by atoms with E-state index in [1.807, 2.05) is 6.07 Å². The van der Waals surface area contributed by atoms with Gasteiger partial charge >= 0.3 is 0 Å². The van der Waals surface area contributed by atoms with E-state index in [9.17, 15) is 0 Å². The molecule has 0 saturated carbocycles. The van der Waals surface area contributed by atoms with Crippen LogP contribution in [0.2, 0.25) is 0 Å². The Balaban J connectivity index is 2.22. The normalized spacial score (nSPS) is 23.0. The second kappa shape index (κ2) is 6.19. The maximum absolute atomic E-state index is 5.42. The van der Waals surface area contributed by atoms with Crippen molar-refractivity contribution in [2.24, 2.45) is 15.9 Å². The number of aliphatic imine (C=N–C) groups is 2. The Morgan fingerprint density at radius 3 is 2.47 bits per heavy atom. The third-order valence-corrected chi connectivity index (χ3v) is 4.01. The van der Waals surface area contributed by atoms with Gasteiger partial charge in [-0.05, 0) is 17.4 Å². The second-order valence-electron chi connectivity index (χ2n) is 4.83. The minimum Gasteiger partial charge on any atom is -0.483 e. The molecule has 1 aliphatic rings. The smallest absolute Gasteiger partial charge is 0.209 e. The van der Waals surface area contributed by atoms with Crippen LogP contribution in [0.5, 0.6) is 0 Å². The Morgan fingerprint density at radius 2 is 1.95 bits per heavy atom. The minimum atomic E-state index is -0.0754. The van der Waals surface area contributed by atoms with Gasteiger partial charge in [0.05, 0.1) is 14.2 Å². The fraction of sp³-hybridized carbons (Fsp3) is 0.571. The summed E-state index contributed by atoms with van der Waals surface area (Å²) >= 11 is 1.72. The van der Waals surface area contributed by atoms with Crippen molar-refractivity contribution >= 4 is 23.1 Å². The topological polar surface area (TPSA) is 43.2 Å². The first-order chi connectivity index (χ1) is 9.15. The van der Waals surface area contributed by atoms with Gasteiger partial charge in [-0.3, -0.25) is 0 Å². The van der Waals surface area contributed by atoms with E-state index in [4.69, 9.17) is 9.47 Å². The molecule has 0 fully saturated rings. The Hall–Kier alpha value is -1.36. The molecule has 0 N–H and O–H groups in total. The third-order valence-electron chi connectivity index (χ3n) is 3.11. The van der Waals surface area contributed by atoms with E-state index in [0.717, 1.165) is 6.42 Å². The molecule has 2 atom stereocenters. The molecule has 0 unspecified atom stereocenters. The predicted octanol–water partition coefficient (Wildman–Crippen LogP) is 2.79. The third kappa shape index (κ3) is 3.15. The standard InChI is InChI=1S/C14H20N2O2S/c1-9(2)12-14(18-4)15-11(13(16-12)17-3)8-10-6-5-7-19-10/h5-7,9,11-12H,8H2,1-4H3/t11-,12+/m1/s1. The summed E-state index contributed by atoms with van der Waals surface area (Å²) in [6.45, 7) is 4.21. The van der Waals surface area contributed by atoms with Crippen molar-refractivity contribution in [3.05, 3.63) is 22.4 Å². The van der Waals surface area contributed by atoms with Gasteiger partial charge in [-0.1, -0.05) is 19.9 Å². The number of nitrogens with zero attached hydrogens (tertiary/aromatic N) is 2. The maximum Gasteiger partial charge on any atom is 0.209 e. The van der Waals surface area contributed by atoms with Crippen molar-refractivity contribution in [3.63, 3.8) is 0 Å². The van der Waals surface area contributed by atoms with Gasteiger partial charge in [0.25, 0.3) is 0 Å². The summed E-state index contributed by atoms with van der Waals surface area (Å²) in [4.78, 5) is 10.6. The molecule has 2 rings (SSSR count). The van der Waals surface area contributed by atoms with Gasteiger partial charge in [0.15, 0.2) is 0 Å². The number of ether oxygens (including phenoxy) is 2. The van der Waals surface area contributed by atoms with Crippen LogP contribution >= 0.6 is 11.3 Å². The average Bonchev–Trinajstić information content (AvgIpc) is 2.90. The molecular formula is C14H20N2O2S. The summed E-state index contributed by atoms with van der Waals surface area (Å²) in [7, 11) is 3.31. The lowest BCUT2D eigenvalue weighted by Crippen LogP contribution is -2.38. The fourth-order valence-corrected chi connectivity index (χ4v) is 2.86. The van der Waals surface area contributed by atoms with Crippen LogP contribution in [0.15, 0.2) is 27.5 Å². The SMILES string of the molecule is COC1=N[C@H](Cc2cccs2)C(OC)=N[C@H]1C(C)C. The van der Waals surface area contributed by atoms with E-state index in [1.165, 1.54) is 4.88 Å². The van der Waals surface area contributed by atoms with E-state index >= 15 is 0 Å². The molecule has 2 heterocycles. The molecule has 1 aromatic heterocycles. The van der Waals surface area contributed by atoms with Crippen LogP contribution in [0, 0.1) is 5.92 Å². The molecule has 0 spiro atoms. The molecule has 0 aromatic carbocycles. The zero-order chi connectivity index (χ0) is 13.8. The van der Waals surface area contributed by atoms with Crippen LogP contribution in [0.25, 0.3) is 0 Å². The molecule has 0 amide bonds. The molecule has 4 nitrogen and oxygen atoms in total. The van der Waals surface area contributed by atoms with Crippen molar-refractivity contribution in [3.8, 4) is 0 Å². The minimum absolute atomic E-state index is 0.0421. The summed E-state index contributed by atoms with van der Waals surface area (Å²) in [5.74, 6) is 1.75. The van der Waals surface area contributed by atoms with E-state index in [0.29, 0.717) is 17.7 Å². The molecule has 0 radical (unpaired) electrons. The zero-order valence-corrected chi connectivity index (χ0v) is 12.6. The van der Waals surface area contributed by atoms with Gasteiger partial charge in [-0.25, -0.2) is 9.98 Å². The molecule has 0 aliphatic carbocycles. The summed E-state index contributed by atoms with van der Waals surface area (Å²) in [6, 6.07) is 4.03. The highest BCUT2D eigenvalue weighted by Gasteiger charge is 2.30. The van der Waals surface area contributed by atoms with Crippen LogP contribution in [-0.2, 0) is 15.9 Å². The first-order valence-corrected chi connectivity index (χ1v) is 7.29. The first kappa shape index (κ1) is 14.1. The number of hydrogen-bond acceptors (Lipinski definition) is 5. The van der Waals surface area contributed by atoms with Gasteiger partial charge in [0.2, 0.25) is 11.8 Å². The molecule has 0 saturated heterocycles. The zero-order valence-electron chi connectivity index (χ0n) is 11.8. The van der Waals surface area contributed by atoms with Gasteiger partial charge in [0, 0.05) is 11.3 Å². The lowest BCUT2D eigenvalue weighted by molar-refractivity contribution is 0.333. The largest absolute Gasteiger partial charge is 0.483 e. The van der Waals surface area contributed by atoms with Crippen LogP contribution < -0.4 is 0 Å². The Kier molecular flexibility index (Phi) is 4.58. The molecule has 1 aliphatic heterocycles. The van der Waals surface area contributed by atoms with Crippen LogP contribution in [0.1, 0.15) is 18.7 Å². The number of methoxy groups -OCH3 is 2. The van der Waals surface area contributed by atoms with E-state index in [2.05, 4.69) is 35.3 Å². The summed E-state index contributed by atoms with van der Waals surface area (Å²) in [5, 5.41) is 2.07. The first-order valence-electron chi connectivity index (χ1n) is 6.41. The Bertz CT molecular complexity index is 466. The van der Waals surface area contributed by atoms with Crippen LogP contribution in [-0.4, -0.2) is 38.1 Å². The molecule has 104 valence electrons. The molecule has 0 bridgehead atoms. The highest BCUT2D eigenvalue weighted by atomic mass is 32.1. The highest BCUT2D eigenvalue weighted by molar-refractivity contribution is 7.09. The lowest BCUT2D eigenvalue weighted by atomic mass is 10.0. The summed E-state index contributed by atoms with van der Waals surface area (Å²) in [6.07, 6.45) is 0.808. The highest BCUT2D eigenvalue weighted by Crippen LogP contribution is 2.21. The quantitative estimate of drug-likeness (QED) is 0.854. The van der Waals surface area contributed by atoms with E-state index in [1.54, 1.807) is 25.6 Å². The Labute approximate surface area is 118 Å².